The maximum Gasteiger partial charge on any atom is 0.287 e. The monoisotopic (exact) mass is 367 g/mol. The number of halogens is 1. The van der Waals surface area contributed by atoms with Crippen molar-refractivity contribution in [2.45, 2.75) is 19.1 Å². The molecule has 0 saturated heterocycles. The van der Waals surface area contributed by atoms with Gasteiger partial charge in [0.25, 0.3) is 5.56 Å². The smallest absolute Gasteiger partial charge is 0.287 e. The molecule has 2 aromatic carbocycles. The fraction of sp³-hybridized carbons (Fsp3) is 0.200. The van der Waals surface area contributed by atoms with Crippen LogP contribution in [0.5, 0.6) is 5.75 Å². The summed E-state index contributed by atoms with van der Waals surface area (Å²) < 4.78 is 7.26. The summed E-state index contributed by atoms with van der Waals surface area (Å²) >= 11 is 6.26. The number of para-hydroxylation sites is 1. The Morgan fingerprint density at radius 3 is 2.73 bits per heavy atom. The van der Waals surface area contributed by atoms with Crippen LogP contribution >= 0.6 is 11.6 Å². The average Bonchev–Trinajstić information content (AvgIpc) is 3.09. The van der Waals surface area contributed by atoms with Crippen molar-refractivity contribution in [3.63, 3.8) is 0 Å². The molecule has 26 heavy (non-hydrogen) atoms. The maximum absolute atomic E-state index is 12.5. The van der Waals surface area contributed by atoms with Crippen LogP contribution in [-0.2, 0) is 13.0 Å². The van der Waals surface area contributed by atoms with Crippen LogP contribution in [0.25, 0.3) is 0 Å². The van der Waals surface area contributed by atoms with Gasteiger partial charge in [-0.2, -0.15) is 5.10 Å². The number of ether oxygens (including phenoxy) is 1. The van der Waals surface area contributed by atoms with E-state index in [1.807, 2.05) is 48.5 Å². The molecule has 0 bridgehead atoms. The predicted octanol–water partition coefficient (Wildman–Crippen LogP) is 3.36. The number of nitrogens with one attached hydrogen (secondary N) is 1. The minimum absolute atomic E-state index is 0.00946. The summed E-state index contributed by atoms with van der Waals surface area (Å²) in [6, 6.07) is 17.7. The topological polar surface area (TPSA) is 56.1 Å². The van der Waals surface area contributed by atoms with E-state index in [0.29, 0.717) is 18.8 Å². The molecule has 6 heteroatoms. The molecule has 0 spiro atoms. The number of hydrogen-bond acceptors (Lipinski definition) is 4. The van der Waals surface area contributed by atoms with E-state index in [0.717, 1.165) is 17.7 Å². The third-order valence-electron chi connectivity index (χ3n) is 4.39. The largest absolute Gasteiger partial charge is 0.488 e. The van der Waals surface area contributed by atoms with E-state index in [2.05, 4.69) is 16.5 Å². The number of benzene rings is 2. The van der Waals surface area contributed by atoms with Gasteiger partial charge in [-0.15, -0.1) is 0 Å². The Morgan fingerprint density at radius 2 is 1.92 bits per heavy atom. The Kier molecular flexibility index (Phi) is 4.63. The summed E-state index contributed by atoms with van der Waals surface area (Å²) in [5, 5.41) is 7.57. The van der Waals surface area contributed by atoms with Crippen LogP contribution in [0.3, 0.4) is 0 Å². The molecule has 0 radical (unpaired) electrons. The van der Waals surface area contributed by atoms with Crippen LogP contribution in [0.1, 0.15) is 11.1 Å². The third kappa shape index (κ3) is 3.44. The van der Waals surface area contributed by atoms with Gasteiger partial charge in [-0.3, -0.25) is 4.79 Å². The second-order valence-corrected chi connectivity index (χ2v) is 6.63. The van der Waals surface area contributed by atoms with Gasteiger partial charge >= 0.3 is 0 Å². The predicted molar refractivity (Wildman–Crippen MR) is 102 cm³/mol. The molecule has 0 aliphatic carbocycles. The van der Waals surface area contributed by atoms with Gasteiger partial charge in [-0.1, -0.05) is 60.1 Å². The van der Waals surface area contributed by atoms with Gasteiger partial charge in [0, 0.05) is 6.42 Å². The Balaban J connectivity index is 1.43. The van der Waals surface area contributed by atoms with Gasteiger partial charge in [0.05, 0.1) is 25.0 Å². The second kappa shape index (κ2) is 7.22. The molecule has 0 fully saturated rings. The van der Waals surface area contributed by atoms with E-state index in [9.17, 15) is 4.79 Å². The highest BCUT2D eigenvalue weighted by Gasteiger charge is 2.22. The summed E-state index contributed by atoms with van der Waals surface area (Å²) in [5.41, 5.74) is 2.41. The zero-order valence-corrected chi connectivity index (χ0v) is 14.8. The number of rotatable bonds is 5. The molecule has 1 unspecified atom stereocenters. The third-order valence-corrected chi connectivity index (χ3v) is 4.76. The quantitative estimate of drug-likeness (QED) is 0.751. The first-order chi connectivity index (χ1) is 12.7. The number of fused-ring (bicyclic) bond motifs is 1. The molecule has 3 aromatic rings. The molecule has 2 heterocycles. The summed E-state index contributed by atoms with van der Waals surface area (Å²) in [6.45, 7) is 0.943. The second-order valence-electron chi connectivity index (χ2n) is 6.25. The van der Waals surface area contributed by atoms with Crippen molar-refractivity contribution in [2.75, 3.05) is 11.9 Å². The Hall–Kier alpha value is -2.79. The van der Waals surface area contributed by atoms with Crippen LogP contribution in [0.4, 0.5) is 5.69 Å². The molecule has 1 aliphatic heterocycles. The summed E-state index contributed by atoms with van der Waals surface area (Å²) in [5.74, 6) is 0.918. The highest BCUT2D eigenvalue weighted by Crippen LogP contribution is 2.28. The van der Waals surface area contributed by atoms with Crippen molar-refractivity contribution in [1.29, 1.82) is 0 Å². The first-order valence-electron chi connectivity index (χ1n) is 8.48. The van der Waals surface area contributed by atoms with Crippen LogP contribution in [0, 0.1) is 0 Å². The van der Waals surface area contributed by atoms with Gasteiger partial charge in [-0.25, -0.2) is 4.68 Å². The van der Waals surface area contributed by atoms with E-state index in [1.165, 1.54) is 10.2 Å². The van der Waals surface area contributed by atoms with Crippen molar-refractivity contribution in [2.24, 2.45) is 0 Å². The number of nitrogens with zero attached hydrogens (tertiary/aromatic N) is 2. The van der Waals surface area contributed by atoms with E-state index >= 15 is 0 Å². The van der Waals surface area contributed by atoms with E-state index < -0.39 is 0 Å². The van der Waals surface area contributed by atoms with Crippen molar-refractivity contribution < 1.29 is 4.74 Å². The summed E-state index contributed by atoms with van der Waals surface area (Å²) in [6.07, 6.45) is 2.43. The van der Waals surface area contributed by atoms with Crippen LogP contribution in [-0.4, -0.2) is 22.4 Å². The van der Waals surface area contributed by atoms with Gasteiger partial charge < -0.3 is 10.1 Å². The van der Waals surface area contributed by atoms with Crippen molar-refractivity contribution in [3.8, 4) is 5.75 Å². The van der Waals surface area contributed by atoms with Crippen LogP contribution in [0.2, 0.25) is 5.02 Å². The van der Waals surface area contributed by atoms with Gasteiger partial charge in [0.1, 0.15) is 16.9 Å². The molecule has 1 atom stereocenters. The first-order valence-corrected chi connectivity index (χ1v) is 8.86. The minimum atomic E-state index is -0.309. The molecule has 1 aliphatic rings. The van der Waals surface area contributed by atoms with Crippen molar-refractivity contribution in [1.82, 2.24) is 9.78 Å². The molecule has 0 saturated carbocycles. The highest BCUT2D eigenvalue weighted by molar-refractivity contribution is 6.32. The number of aromatic nitrogens is 2. The lowest BCUT2D eigenvalue weighted by Crippen LogP contribution is -2.28. The van der Waals surface area contributed by atoms with E-state index in [-0.39, 0.29) is 16.7 Å². The lowest BCUT2D eigenvalue weighted by molar-refractivity contribution is 0.246. The lowest BCUT2D eigenvalue weighted by atomic mass is 10.1. The fourth-order valence-corrected chi connectivity index (χ4v) is 3.26. The zero-order valence-electron chi connectivity index (χ0n) is 14.1. The van der Waals surface area contributed by atoms with Gasteiger partial charge in [0.2, 0.25) is 0 Å². The minimum Gasteiger partial charge on any atom is -0.488 e. The normalized spacial score (nSPS) is 15.3. The first kappa shape index (κ1) is 16.7. The van der Waals surface area contributed by atoms with E-state index in [4.69, 9.17) is 16.3 Å². The molecule has 1 N–H and O–H groups in total. The molecule has 4 rings (SSSR count). The molecular formula is C20H18ClN3O2. The fourth-order valence-electron chi connectivity index (χ4n) is 3.05. The standard InChI is InChI=1S/C20H18ClN3O2/c21-19-17(22-11-16-10-15-8-4-5-9-18(15)26-16)12-23-24(20(19)25)13-14-6-2-1-3-7-14/h1-9,12,16,22H,10-11,13H2. The molecular weight excluding hydrogens is 350 g/mol. The molecule has 132 valence electrons. The molecule has 1 aromatic heterocycles. The van der Waals surface area contributed by atoms with Crippen LogP contribution < -0.4 is 15.6 Å². The van der Waals surface area contributed by atoms with Crippen molar-refractivity contribution >= 4 is 17.3 Å². The Labute approximate surface area is 156 Å². The summed E-state index contributed by atoms with van der Waals surface area (Å²) in [7, 11) is 0. The highest BCUT2D eigenvalue weighted by atomic mass is 35.5. The SMILES string of the molecule is O=c1c(Cl)c(NCC2Cc3ccccc3O2)cnn1Cc1ccccc1. The molecule has 5 nitrogen and oxygen atoms in total. The number of hydrogen-bond donors (Lipinski definition) is 1. The Morgan fingerprint density at radius 1 is 1.15 bits per heavy atom. The number of anilines is 1. The van der Waals surface area contributed by atoms with Gasteiger partial charge in [0.15, 0.2) is 0 Å². The van der Waals surface area contributed by atoms with Crippen molar-refractivity contribution in [3.05, 3.63) is 87.3 Å². The van der Waals surface area contributed by atoms with Gasteiger partial charge in [-0.05, 0) is 17.2 Å². The zero-order chi connectivity index (χ0) is 17.9. The van der Waals surface area contributed by atoms with E-state index in [1.54, 1.807) is 6.20 Å². The summed E-state index contributed by atoms with van der Waals surface area (Å²) in [4.78, 5) is 12.5. The Bertz CT molecular complexity index is 947. The lowest BCUT2D eigenvalue weighted by Gasteiger charge is -2.14. The van der Waals surface area contributed by atoms with Crippen LogP contribution in [0.15, 0.2) is 65.6 Å². The average molecular weight is 368 g/mol. The maximum atomic E-state index is 12.5. The molecule has 0 amide bonds.